The number of H-pyrrole nitrogens is 1. The van der Waals surface area contributed by atoms with Crippen LogP contribution in [0.3, 0.4) is 0 Å². The van der Waals surface area contributed by atoms with Crippen molar-refractivity contribution in [2.75, 3.05) is 33.7 Å². The van der Waals surface area contributed by atoms with E-state index in [0.29, 0.717) is 12.5 Å². The second-order valence-corrected chi connectivity index (χ2v) is 5.32. The number of hydrogen-bond donors (Lipinski definition) is 1. The lowest BCUT2D eigenvalue weighted by atomic mass is 9.94. The van der Waals surface area contributed by atoms with Gasteiger partial charge in [0.15, 0.2) is 0 Å². The number of rotatable bonds is 4. The van der Waals surface area contributed by atoms with Crippen molar-refractivity contribution < 1.29 is 9.21 Å². The molecule has 1 saturated heterocycles. The summed E-state index contributed by atoms with van der Waals surface area (Å²) in [5.74, 6) is -0.0966. The number of nitrogens with zero attached hydrogens (tertiary/aromatic N) is 2. The lowest BCUT2D eigenvalue weighted by Gasteiger charge is -2.30. The molecule has 6 nitrogen and oxygen atoms in total. The van der Waals surface area contributed by atoms with Gasteiger partial charge in [0.2, 0.25) is 0 Å². The van der Waals surface area contributed by atoms with E-state index in [9.17, 15) is 9.59 Å². The van der Waals surface area contributed by atoms with Gasteiger partial charge in [-0.1, -0.05) is 13.8 Å². The quantitative estimate of drug-likeness (QED) is 0.920. The maximum Gasteiger partial charge on any atom is 0.416 e. The van der Waals surface area contributed by atoms with Crippen LogP contribution in [0.2, 0.25) is 0 Å². The zero-order valence-electron chi connectivity index (χ0n) is 13.5. The fourth-order valence-corrected chi connectivity index (χ4v) is 2.42. The van der Waals surface area contributed by atoms with Crippen molar-refractivity contribution in [1.82, 2.24) is 14.8 Å². The van der Waals surface area contributed by atoms with Crippen LogP contribution in [0.5, 0.6) is 0 Å². The normalized spacial score (nSPS) is 16.2. The number of likely N-dealkylation sites (tertiary alicyclic amines) is 1. The zero-order chi connectivity index (χ0) is 15.8. The Morgan fingerprint density at radius 2 is 2.05 bits per heavy atom. The molecule has 1 fully saturated rings. The Balaban J connectivity index is 0.00000106. The molecular weight excluding hydrogens is 270 g/mol. The highest BCUT2D eigenvalue weighted by Crippen LogP contribution is 2.19. The van der Waals surface area contributed by atoms with E-state index in [1.165, 1.54) is 19.1 Å². The first kappa shape index (κ1) is 17.5. The van der Waals surface area contributed by atoms with E-state index in [0.717, 1.165) is 19.5 Å². The molecule has 2 heterocycles. The van der Waals surface area contributed by atoms with E-state index in [2.05, 4.69) is 21.3 Å². The summed E-state index contributed by atoms with van der Waals surface area (Å²) >= 11 is 0. The van der Waals surface area contributed by atoms with E-state index in [1.54, 1.807) is 11.9 Å². The van der Waals surface area contributed by atoms with Gasteiger partial charge in [-0.15, -0.1) is 0 Å². The minimum Gasteiger partial charge on any atom is -0.416 e. The molecule has 1 aromatic rings. The molecule has 2 rings (SSSR count). The molecule has 0 aromatic carbocycles. The van der Waals surface area contributed by atoms with Gasteiger partial charge in [0.25, 0.3) is 5.91 Å². The smallest absolute Gasteiger partial charge is 0.416 e. The van der Waals surface area contributed by atoms with Crippen molar-refractivity contribution in [2.24, 2.45) is 5.92 Å². The topological polar surface area (TPSA) is 69.5 Å². The second kappa shape index (κ2) is 8.67. The Hall–Kier alpha value is -1.56. The van der Waals surface area contributed by atoms with Gasteiger partial charge in [-0.3, -0.25) is 9.78 Å². The summed E-state index contributed by atoms with van der Waals surface area (Å²) in [5, 5.41) is 0. The average molecular weight is 297 g/mol. The molecule has 1 N–H and O–H groups in total. The van der Waals surface area contributed by atoms with Gasteiger partial charge < -0.3 is 14.2 Å². The predicted octanol–water partition coefficient (Wildman–Crippen LogP) is 1.80. The molecule has 0 bridgehead atoms. The monoisotopic (exact) mass is 297 g/mol. The Bertz CT molecular complexity index is 473. The molecule has 1 amide bonds. The highest BCUT2D eigenvalue weighted by molar-refractivity contribution is 5.91. The van der Waals surface area contributed by atoms with E-state index in [4.69, 9.17) is 0 Å². The van der Waals surface area contributed by atoms with Crippen molar-refractivity contribution in [3.8, 4) is 0 Å². The Kier molecular flexibility index (Phi) is 7.22. The molecule has 0 aliphatic carbocycles. The first-order chi connectivity index (χ1) is 10.1. The van der Waals surface area contributed by atoms with Crippen LogP contribution in [0.1, 0.15) is 43.6 Å². The van der Waals surface area contributed by atoms with Crippen LogP contribution < -0.4 is 5.76 Å². The molecule has 0 atom stereocenters. The maximum absolute atomic E-state index is 12.0. The van der Waals surface area contributed by atoms with E-state index >= 15 is 0 Å². The van der Waals surface area contributed by atoms with Crippen molar-refractivity contribution in [3.05, 3.63) is 22.5 Å². The number of amides is 1. The lowest BCUT2D eigenvalue weighted by molar-refractivity contribution is 0.0774. The number of carbonyl (C=O) groups is 1. The van der Waals surface area contributed by atoms with Crippen molar-refractivity contribution in [2.45, 2.75) is 33.1 Å². The van der Waals surface area contributed by atoms with Crippen LogP contribution in [0, 0.1) is 5.92 Å². The zero-order valence-corrected chi connectivity index (χ0v) is 13.5. The minimum atomic E-state index is -0.591. The maximum atomic E-state index is 12.0. The molecule has 0 spiro atoms. The van der Waals surface area contributed by atoms with Crippen LogP contribution in [0.15, 0.2) is 15.5 Å². The Labute approximate surface area is 126 Å². The first-order valence-corrected chi connectivity index (χ1v) is 7.68. The molecule has 120 valence electrons. The number of nitrogens with one attached hydrogen (secondary N) is 1. The number of oxazole rings is 1. The second-order valence-electron chi connectivity index (χ2n) is 5.32. The van der Waals surface area contributed by atoms with Crippen LogP contribution in [-0.4, -0.2) is 54.4 Å². The summed E-state index contributed by atoms with van der Waals surface area (Å²) in [6.07, 6.45) is 4.58. The molecule has 1 aliphatic rings. The number of piperidine rings is 1. The summed E-state index contributed by atoms with van der Waals surface area (Å²) in [4.78, 5) is 29.2. The lowest BCUT2D eigenvalue weighted by Crippen LogP contribution is -2.33. The highest BCUT2D eigenvalue weighted by atomic mass is 16.4. The van der Waals surface area contributed by atoms with Crippen molar-refractivity contribution >= 4 is 5.91 Å². The molecular formula is C15H27N3O3. The molecule has 6 heteroatoms. The average Bonchev–Trinajstić information content (AvgIpc) is 2.94. The number of aromatic amines is 1. The third-order valence-corrected chi connectivity index (χ3v) is 3.81. The summed E-state index contributed by atoms with van der Waals surface area (Å²) < 4.78 is 4.58. The molecule has 0 radical (unpaired) electrons. The fraction of sp³-hybridized carbons (Fsp3) is 0.733. The SMILES string of the molecule is CC.CN1CCC(CCN(C)C(=O)c2coc(=O)[nH]2)CC1. The van der Waals surface area contributed by atoms with Crippen molar-refractivity contribution in [3.63, 3.8) is 0 Å². The van der Waals surface area contributed by atoms with Gasteiger partial charge in [-0.05, 0) is 45.3 Å². The van der Waals surface area contributed by atoms with Gasteiger partial charge in [0.05, 0.1) is 0 Å². The van der Waals surface area contributed by atoms with Gasteiger partial charge in [-0.2, -0.15) is 0 Å². The van der Waals surface area contributed by atoms with Gasteiger partial charge >= 0.3 is 5.76 Å². The van der Waals surface area contributed by atoms with E-state index < -0.39 is 5.76 Å². The van der Waals surface area contributed by atoms with Crippen molar-refractivity contribution in [1.29, 1.82) is 0 Å². The number of hydrogen-bond acceptors (Lipinski definition) is 4. The minimum absolute atomic E-state index is 0.196. The number of carbonyl (C=O) groups excluding carboxylic acids is 1. The van der Waals surface area contributed by atoms with Crippen LogP contribution in [0.4, 0.5) is 0 Å². The fourth-order valence-electron chi connectivity index (χ4n) is 2.42. The third-order valence-electron chi connectivity index (χ3n) is 3.81. The molecule has 0 saturated carbocycles. The largest absolute Gasteiger partial charge is 0.416 e. The molecule has 1 aromatic heterocycles. The summed E-state index contributed by atoms with van der Waals surface area (Å²) in [5.41, 5.74) is 0.218. The number of aromatic nitrogens is 1. The molecule has 0 unspecified atom stereocenters. The van der Waals surface area contributed by atoms with Crippen LogP contribution in [-0.2, 0) is 0 Å². The van der Waals surface area contributed by atoms with Gasteiger partial charge in [-0.25, -0.2) is 4.79 Å². The van der Waals surface area contributed by atoms with Gasteiger partial charge in [0, 0.05) is 13.6 Å². The summed E-state index contributed by atoms with van der Waals surface area (Å²) in [6.45, 7) is 6.98. The van der Waals surface area contributed by atoms with Gasteiger partial charge in [0.1, 0.15) is 12.0 Å². The predicted molar refractivity (Wildman–Crippen MR) is 82.5 cm³/mol. The third kappa shape index (κ3) is 5.38. The molecule has 1 aliphatic heterocycles. The van der Waals surface area contributed by atoms with Crippen LogP contribution >= 0.6 is 0 Å². The standard InChI is InChI=1S/C13H21N3O3.C2H6/c1-15-6-3-10(4-7-15)5-8-16(2)12(17)11-9-19-13(18)14-11;1-2/h9-10H,3-8H2,1-2H3,(H,14,18);1-2H3. The molecule has 21 heavy (non-hydrogen) atoms. The van der Waals surface area contributed by atoms with E-state index in [1.807, 2.05) is 13.8 Å². The Morgan fingerprint density at radius 3 is 2.57 bits per heavy atom. The van der Waals surface area contributed by atoms with E-state index in [-0.39, 0.29) is 11.6 Å². The Morgan fingerprint density at radius 1 is 1.43 bits per heavy atom. The highest BCUT2D eigenvalue weighted by Gasteiger charge is 2.19. The van der Waals surface area contributed by atoms with Crippen LogP contribution in [0.25, 0.3) is 0 Å². The summed E-state index contributed by atoms with van der Waals surface area (Å²) in [7, 11) is 3.89. The summed E-state index contributed by atoms with van der Waals surface area (Å²) in [6, 6.07) is 0. The first-order valence-electron chi connectivity index (χ1n) is 7.68.